The molecule has 2 heterocycles. The van der Waals surface area contributed by atoms with Crippen LogP contribution in [0.2, 0.25) is 0 Å². The summed E-state index contributed by atoms with van der Waals surface area (Å²) in [6.45, 7) is 2.16. The fraction of sp³-hybridized carbons (Fsp3) is 0.500. The maximum atomic E-state index is 11.7. The molecule has 1 fully saturated rings. The molecule has 0 bridgehead atoms. The molecule has 0 radical (unpaired) electrons. The number of hydrogen-bond donors (Lipinski definition) is 1. The minimum atomic E-state index is -1.07. The van der Waals surface area contributed by atoms with Crippen LogP contribution in [-0.4, -0.2) is 39.3 Å². The summed E-state index contributed by atoms with van der Waals surface area (Å²) in [6, 6.07) is 0. The molecule has 2 rings (SSSR count). The monoisotopic (exact) mass is 282 g/mol. The van der Waals surface area contributed by atoms with Crippen LogP contribution in [-0.2, 0) is 16.0 Å². The third-order valence-electron chi connectivity index (χ3n) is 2.97. The van der Waals surface area contributed by atoms with E-state index in [1.54, 1.807) is 0 Å². The molecule has 1 saturated heterocycles. The molecule has 0 saturated carbocycles. The SMILES string of the molecule is CC1CC(=O)N(CCc2nc(C(=O)O)cs2)C(=O)C1. The standard InChI is InChI=1S/C12H14N2O4S/c1-7-4-10(15)14(11(16)5-7)3-2-9-13-8(6-19-9)12(17)18/h6-7H,2-5H2,1H3,(H,17,18). The number of likely N-dealkylation sites (tertiary alicyclic amines) is 1. The number of carbonyl (C=O) groups is 3. The van der Waals surface area contributed by atoms with Gasteiger partial charge in [0.25, 0.3) is 0 Å². The number of thiazole rings is 1. The molecule has 1 aliphatic rings. The third kappa shape index (κ3) is 3.17. The number of aromatic nitrogens is 1. The Morgan fingerprint density at radius 3 is 2.63 bits per heavy atom. The first kappa shape index (κ1) is 13.7. The van der Waals surface area contributed by atoms with Gasteiger partial charge in [0.15, 0.2) is 5.69 Å². The van der Waals surface area contributed by atoms with Crippen LogP contribution in [0.15, 0.2) is 5.38 Å². The highest BCUT2D eigenvalue weighted by Crippen LogP contribution is 2.19. The molecule has 1 aromatic heterocycles. The first-order valence-electron chi connectivity index (χ1n) is 5.98. The Labute approximate surface area is 114 Å². The Morgan fingerprint density at radius 1 is 1.47 bits per heavy atom. The maximum absolute atomic E-state index is 11.7. The number of rotatable bonds is 4. The molecule has 0 aliphatic carbocycles. The average Bonchev–Trinajstić information content (AvgIpc) is 2.76. The van der Waals surface area contributed by atoms with Crippen LogP contribution >= 0.6 is 11.3 Å². The number of piperidine rings is 1. The van der Waals surface area contributed by atoms with E-state index in [9.17, 15) is 14.4 Å². The van der Waals surface area contributed by atoms with Gasteiger partial charge in [0.1, 0.15) is 0 Å². The van der Waals surface area contributed by atoms with Crippen molar-refractivity contribution in [2.75, 3.05) is 6.54 Å². The number of carboxylic acid groups (broad SMARTS) is 1. The number of carbonyl (C=O) groups excluding carboxylic acids is 2. The Bertz CT molecular complexity index is 508. The molecule has 2 amide bonds. The summed E-state index contributed by atoms with van der Waals surface area (Å²) in [4.78, 5) is 39.4. The highest BCUT2D eigenvalue weighted by atomic mass is 32.1. The summed E-state index contributed by atoms with van der Waals surface area (Å²) in [5.41, 5.74) is 0.00456. The van der Waals surface area contributed by atoms with E-state index in [0.717, 1.165) is 0 Å². The predicted molar refractivity (Wildman–Crippen MR) is 67.9 cm³/mol. The highest BCUT2D eigenvalue weighted by Gasteiger charge is 2.29. The minimum absolute atomic E-state index is 0.00456. The van der Waals surface area contributed by atoms with Crippen LogP contribution in [0.5, 0.6) is 0 Å². The molecule has 6 nitrogen and oxygen atoms in total. The summed E-state index contributed by atoms with van der Waals surface area (Å²) in [6.07, 6.45) is 1.19. The second-order valence-electron chi connectivity index (χ2n) is 4.63. The van der Waals surface area contributed by atoms with Crippen molar-refractivity contribution in [1.82, 2.24) is 9.88 Å². The van der Waals surface area contributed by atoms with E-state index < -0.39 is 5.97 Å². The van der Waals surface area contributed by atoms with Crippen molar-refractivity contribution in [3.8, 4) is 0 Å². The van der Waals surface area contributed by atoms with Crippen LogP contribution < -0.4 is 0 Å². The third-order valence-corrected chi connectivity index (χ3v) is 3.88. The predicted octanol–water partition coefficient (Wildman–Crippen LogP) is 1.17. The van der Waals surface area contributed by atoms with E-state index in [0.29, 0.717) is 24.3 Å². The largest absolute Gasteiger partial charge is 0.476 e. The molecule has 1 N–H and O–H groups in total. The highest BCUT2D eigenvalue weighted by molar-refractivity contribution is 7.09. The van der Waals surface area contributed by atoms with Gasteiger partial charge in [-0.3, -0.25) is 14.5 Å². The second-order valence-corrected chi connectivity index (χ2v) is 5.58. The van der Waals surface area contributed by atoms with Crippen molar-refractivity contribution in [1.29, 1.82) is 0 Å². The second kappa shape index (κ2) is 5.48. The van der Waals surface area contributed by atoms with Gasteiger partial charge in [-0.2, -0.15) is 0 Å². The number of amides is 2. The zero-order valence-corrected chi connectivity index (χ0v) is 11.3. The smallest absolute Gasteiger partial charge is 0.355 e. The average molecular weight is 282 g/mol. The number of hydrogen-bond acceptors (Lipinski definition) is 5. The lowest BCUT2D eigenvalue weighted by Crippen LogP contribution is -2.43. The molecule has 0 aromatic carbocycles. The first-order chi connectivity index (χ1) is 8.97. The molecule has 0 spiro atoms. The van der Waals surface area contributed by atoms with Gasteiger partial charge in [-0.25, -0.2) is 9.78 Å². The molecule has 7 heteroatoms. The van der Waals surface area contributed by atoms with E-state index in [4.69, 9.17) is 5.11 Å². The Balaban J connectivity index is 1.96. The van der Waals surface area contributed by atoms with Gasteiger partial charge < -0.3 is 5.11 Å². The van der Waals surface area contributed by atoms with Crippen LogP contribution in [0.3, 0.4) is 0 Å². The van der Waals surface area contributed by atoms with Crippen molar-refractivity contribution in [3.05, 3.63) is 16.1 Å². The quantitative estimate of drug-likeness (QED) is 0.837. The van der Waals surface area contributed by atoms with Gasteiger partial charge in [-0.15, -0.1) is 11.3 Å². The van der Waals surface area contributed by atoms with Crippen molar-refractivity contribution in [3.63, 3.8) is 0 Å². The van der Waals surface area contributed by atoms with Crippen molar-refractivity contribution in [2.24, 2.45) is 5.92 Å². The Kier molecular flexibility index (Phi) is 3.94. The van der Waals surface area contributed by atoms with E-state index in [1.165, 1.54) is 21.6 Å². The molecular weight excluding hydrogens is 268 g/mol. The van der Waals surface area contributed by atoms with Gasteiger partial charge in [0.2, 0.25) is 11.8 Å². The van der Waals surface area contributed by atoms with E-state index >= 15 is 0 Å². The summed E-state index contributed by atoms with van der Waals surface area (Å²) in [5.74, 6) is -1.27. The number of nitrogens with zero attached hydrogens (tertiary/aromatic N) is 2. The summed E-state index contributed by atoms with van der Waals surface area (Å²) >= 11 is 1.23. The fourth-order valence-electron chi connectivity index (χ4n) is 2.01. The lowest BCUT2D eigenvalue weighted by atomic mass is 9.98. The van der Waals surface area contributed by atoms with Gasteiger partial charge in [0, 0.05) is 31.2 Å². The zero-order valence-electron chi connectivity index (χ0n) is 10.5. The molecule has 0 unspecified atom stereocenters. The van der Waals surface area contributed by atoms with Gasteiger partial charge >= 0.3 is 5.97 Å². The van der Waals surface area contributed by atoms with Gasteiger partial charge in [-0.05, 0) is 5.92 Å². The Hall–Kier alpha value is -1.76. The molecule has 0 atom stereocenters. The van der Waals surface area contributed by atoms with Crippen LogP contribution in [0.4, 0.5) is 0 Å². The van der Waals surface area contributed by atoms with Gasteiger partial charge in [0.05, 0.1) is 5.01 Å². The maximum Gasteiger partial charge on any atom is 0.355 e. The van der Waals surface area contributed by atoms with Crippen LogP contribution in [0.1, 0.15) is 35.3 Å². The van der Waals surface area contributed by atoms with Crippen molar-refractivity contribution in [2.45, 2.75) is 26.2 Å². The van der Waals surface area contributed by atoms with E-state index in [-0.39, 0.29) is 30.0 Å². The number of imide groups is 1. The normalized spacial score (nSPS) is 17.0. The summed E-state index contributed by atoms with van der Waals surface area (Å²) < 4.78 is 0. The minimum Gasteiger partial charge on any atom is -0.476 e. The van der Waals surface area contributed by atoms with Crippen molar-refractivity contribution >= 4 is 29.1 Å². The molecule has 1 aromatic rings. The lowest BCUT2D eigenvalue weighted by Gasteiger charge is -2.27. The molecule has 102 valence electrons. The number of carboxylic acids is 1. The fourth-order valence-corrected chi connectivity index (χ4v) is 2.77. The first-order valence-corrected chi connectivity index (χ1v) is 6.86. The van der Waals surface area contributed by atoms with Gasteiger partial charge in [-0.1, -0.05) is 6.92 Å². The molecule has 1 aliphatic heterocycles. The molecular formula is C12H14N2O4S. The van der Waals surface area contributed by atoms with Crippen LogP contribution in [0, 0.1) is 5.92 Å². The summed E-state index contributed by atoms with van der Waals surface area (Å²) in [5, 5.41) is 10.8. The topological polar surface area (TPSA) is 87.6 Å². The molecule has 19 heavy (non-hydrogen) atoms. The summed E-state index contributed by atoms with van der Waals surface area (Å²) in [7, 11) is 0. The van der Waals surface area contributed by atoms with E-state index in [2.05, 4.69) is 4.98 Å². The van der Waals surface area contributed by atoms with E-state index in [1.807, 2.05) is 6.92 Å². The van der Waals surface area contributed by atoms with Crippen molar-refractivity contribution < 1.29 is 19.5 Å². The number of aromatic carboxylic acids is 1. The Morgan fingerprint density at radius 2 is 2.11 bits per heavy atom. The zero-order chi connectivity index (χ0) is 14.0. The lowest BCUT2D eigenvalue weighted by molar-refractivity contribution is -0.149. The van der Waals surface area contributed by atoms with Crippen LogP contribution in [0.25, 0.3) is 0 Å².